The number of nitrogens with zero attached hydrogens (tertiary/aromatic N) is 2. The quantitative estimate of drug-likeness (QED) is 0.133. The molecule has 0 fully saturated rings. The first kappa shape index (κ1) is 35.7. The number of aromatic nitrogens is 1. The molecule has 3 aromatic carbocycles. The van der Waals surface area contributed by atoms with Gasteiger partial charge >= 0.3 is 11.9 Å². The molecular weight excluding hydrogens is 763 g/mol. The van der Waals surface area contributed by atoms with E-state index >= 15 is 0 Å². The van der Waals surface area contributed by atoms with Crippen molar-refractivity contribution in [2.75, 3.05) is 34.0 Å². The Labute approximate surface area is 300 Å². The molecule has 0 unspecified atom stereocenters. The van der Waals surface area contributed by atoms with E-state index in [1.165, 1.54) is 29.2 Å². The highest BCUT2D eigenvalue weighted by Crippen LogP contribution is 2.36. The maximum absolute atomic E-state index is 14.1. The third-order valence-corrected chi connectivity index (χ3v) is 9.20. The van der Waals surface area contributed by atoms with Crippen molar-refractivity contribution in [2.45, 2.75) is 33.4 Å². The molecule has 0 N–H and O–H groups in total. The van der Waals surface area contributed by atoms with Crippen LogP contribution in [0.3, 0.4) is 0 Å². The normalized spacial score (nSPS) is 13.9. The molecule has 0 aliphatic carbocycles. The molecule has 256 valence electrons. The van der Waals surface area contributed by atoms with Gasteiger partial charge in [0.2, 0.25) is 0 Å². The second kappa shape index (κ2) is 16.2. The van der Waals surface area contributed by atoms with Crippen molar-refractivity contribution in [3.63, 3.8) is 0 Å². The summed E-state index contributed by atoms with van der Waals surface area (Å²) in [6.07, 6.45) is 3.21. The minimum absolute atomic E-state index is 0.210. The molecule has 11 nitrogen and oxygen atoms in total. The Morgan fingerprint density at radius 2 is 1.63 bits per heavy atom. The number of methoxy groups -OCH3 is 2. The zero-order valence-corrected chi connectivity index (χ0v) is 30.6. The number of hydrogen-bond acceptors (Lipinski definition) is 11. The second-order valence-corrected chi connectivity index (χ2v) is 12.7. The first-order valence-electron chi connectivity index (χ1n) is 15.5. The van der Waals surface area contributed by atoms with Gasteiger partial charge in [0.05, 0.1) is 59.3 Å². The number of halogens is 1. The fourth-order valence-electron chi connectivity index (χ4n) is 5.21. The van der Waals surface area contributed by atoms with Crippen LogP contribution in [0.1, 0.15) is 53.9 Å². The molecule has 1 aromatic heterocycles. The summed E-state index contributed by atoms with van der Waals surface area (Å²) in [6, 6.07) is 15.2. The minimum Gasteiger partial charge on any atom is -0.493 e. The Morgan fingerprint density at radius 1 is 0.898 bits per heavy atom. The van der Waals surface area contributed by atoms with Crippen molar-refractivity contribution in [3.8, 4) is 23.0 Å². The van der Waals surface area contributed by atoms with Crippen molar-refractivity contribution in [3.05, 3.63) is 112 Å². The van der Waals surface area contributed by atoms with Gasteiger partial charge in [-0.05, 0) is 103 Å². The molecule has 1 aliphatic rings. The Bertz CT molecular complexity index is 2070. The van der Waals surface area contributed by atoms with E-state index in [2.05, 4.69) is 27.6 Å². The summed E-state index contributed by atoms with van der Waals surface area (Å²) < 4.78 is 36.2. The molecule has 5 rings (SSSR count). The molecule has 0 spiro atoms. The Balaban J connectivity index is 1.49. The van der Waals surface area contributed by atoms with E-state index < -0.39 is 12.0 Å². The summed E-state index contributed by atoms with van der Waals surface area (Å²) in [6.45, 7) is 6.92. The second-order valence-electron chi connectivity index (χ2n) is 10.5. The number of ether oxygens (including phenoxy) is 6. The van der Waals surface area contributed by atoms with Crippen LogP contribution in [-0.2, 0) is 20.9 Å². The third-order valence-electron chi connectivity index (χ3n) is 7.41. The van der Waals surface area contributed by atoms with Gasteiger partial charge in [0.1, 0.15) is 6.61 Å². The fourth-order valence-corrected chi connectivity index (χ4v) is 6.96. The zero-order chi connectivity index (χ0) is 35.1. The number of benzene rings is 3. The van der Waals surface area contributed by atoms with Crippen molar-refractivity contribution >= 4 is 51.9 Å². The summed E-state index contributed by atoms with van der Waals surface area (Å²) in [5.74, 6) is 1.12. The van der Waals surface area contributed by atoms with Gasteiger partial charge in [-0.3, -0.25) is 9.36 Å². The van der Waals surface area contributed by atoms with Crippen molar-refractivity contribution in [1.82, 2.24) is 4.57 Å². The van der Waals surface area contributed by atoms with Gasteiger partial charge in [-0.1, -0.05) is 29.5 Å². The number of carbonyl (C=O) groups excluding carboxylic acids is 2. The maximum atomic E-state index is 14.1. The predicted octanol–water partition coefficient (Wildman–Crippen LogP) is 5.18. The minimum atomic E-state index is -0.808. The fraction of sp³-hybridized carbons (Fsp3) is 0.278. The molecule has 13 heteroatoms. The molecule has 49 heavy (non-hydrogen) atoms. The van der Waals surface area contributed by atoms with Crippen LogP contribution >= 0.6 is 33.9 Å². The standard InChI is InChI=1S/C36H35IN2O9S/c1-6-45-27-14-13-24(18-28(27)46-7-2)31-25(35(42)44-5)19-38-36-39(31)33(40)30(49-36)17-22-15-26(37)32(29(16-22)43-4)48-20-21-9-11-23(12-10-21)34(41)47-8-3/h9-19,31H,6-8,20H2,1-5H3/b30-17+/t31-/m0/s1. The van der Waals surface area contributed by atoms with Crippen LogP contribution in [0.5, 0.6) is 23.0 Å². The number of esters is 2. The van der Waals surface area contributed by atoms with E-state index in [4.69, 9.17) is 28.4 Å². The highest BCUT2D eigenvalue weighted by molar-refractivity contribution is 14.1. The third kappa shape index (κ3) is 7.83. The number of thiazole rings is 1. The summed E-state index contributed by atoms with van der Waals surface area (Å²) in [7, 11) is 2.84. The molecule has 0 amide bonds. The van der Waals surface area contributed by atoms with Crippen molar-refractivity contribution in [2.24, 2.45) is 4.99 Å². The SMILES string of the molecule is CCOC(=O)c1ccc(COc2c(I)cc(/C=c3/sc4n(c3=O)[C@@H](c3ccc(OCC)c(OCC)c3)C(C(=O)OC)=CN=4)cc2OC)cc1. The molecular formula is C36H35IN2O9S. The Kier molecular flexibility index (Phi) is 11.8. The van der Waals surface area contributed by atoms with E-state index in [-0.39, 0.29) is 23.7 Å². The topological polar surface area (TPSA) is 124 Å². The van der Waals surface area contributed by atoms with E-state index in [9.17, 15) is 14.4 Å². The van der Waals surface area contributed by atoms with E-state index in [1.54, 1.807) is 56.5 Å². The Hall–Kier alpha value is -4.63. The van der Waals surface area contributed by atoms with E-state index in [1.807, 2.05) is 32.0 Å². The first-order chi connectivity index (χ1) is 23.7. The van der Waals surface area contributed by atoms with Gasteiger partial charge in [0, 0.05) is 6.20 Å². The van der Waals surface area contributed by atoms with E-state index in [0.29, 0.717) is 68.8 Å². The van der Waals surface area contributed by atoms with Gasteiger partial charge in [-0.25, -0.2) is 14.6 Å². The summed E-state index contributed by atoms with van der Waals surface area (Å²) in [4.78, 5) is 43.9. The molecule has 4 aromatic rings. The van der Waals surface area contributed by atoms with Crippen LogP contribution in [-0.4, -0.2) is 50.5 Å². The number of hydrogen-bond donors (Lipinski definition) is 0. The monoisotopic (exact) mass is 798 g/mol. The number of rotatable bonds is 13. The average Bonchev–Trinajstić information content (AvgIpc) is 3.42. The molecule has 1 aliphatic heterocycles. The van der Waals surface area contributed by atoms with Crippen LogP contribution in [0.2, 0.25) is 0 Å². The molecule has 0 saturated carbocycles. The molecule has 2 heterocycles. The zero-order valence-electron chi connectivity index (χ0n) is 27.6. The van der Waals surface area contributed by atoms with Gasteiger partial charge < -0.3 is 28.4 Å². The molecule has 0 saturated heterocycles. The number of carbonyl (C=O) groups is 2. The van der Waals surface area contributed by atoms with Crippen LogP contribution < -0.4 is 33.8 Å². The van der Waals surface area contributed by atoms with Gasteiger partial charge in [-0.2, -0.15) is 0 Å². The summed E-state index contributed by atoms with van der Waals surface area (Å²) >= 11 is 3.37. The Morgan fingerprint density at radius 3 is 2.31 bits per heavy atom. The van der Waals surface area contributed by atoms with Gasteiger partial charge in [0.15, 0.2) is 27.8 Å². The van der Waals surface area contributed by atoms with Gasteiger partial charge in [0.25, 0.3) is 5.56 Å². The summed E-state index contributed by atoms with van der Waals surface area (Å²) in [5.41, 5.74) is 2.56. The molecule has 1 atom stereocenters. The van der Waals surface area contributed by atoms with Gasteiger partial charge in [-0.15, -0.1) is 0 Å². The maximum Gasteiger partial charge on any atom is 0.338 e. The van der Waals surface area contributed by atoms with Crippen LogP contribution in [0.4, 0.5) is 0 Å². The first-order valence-corrected chi connectivity index (χ1v) is 17.4. The lowest BCUT2D eigenvalue weighted by molar-refractivity contribution is -0.136. The largest absolute Gasteiger partial charge is 0.493 e. The summed E-state index contributed by atoms with van der Waals surface area (Å²) in [5, 5.41) is 0. The van der Waals surface area contributed by atoms with Crippen molar-refractivity contribution < 1.29 is 38.0 Å². The lowest BCUT2D eigenvalue weighted by Crippen LogP contribution is -2.39. The lowest BCUT2D eigenvalue weighted by Gasteiger charge is -2.23. The number of fused-ring (bicyclic) bond motifs is 1. The lowest BCUT2D eigenvalue weighted by atomic mass is 9.97. The van der Waals surface area contributed by atoms with Crippen LogP contribution in [0.25, 0.3) is 6.08 Å². The average molecular weight is 799 g/mol. The van der Waals surface area contributed by atoms with Crippen molar-refractivity contribution in [1.29, 1.82) is 0 Å². The molecule has 0 bridgehead atoms. The van der Waals surface area contributed by atoms with E-state index in [0.717, 1.165) is 9.13 Å². The highest BCUT2D eigenvalue weighted by Gasteiger charge is 2.31. The smallest absolute Gasteiger partial charge is 0.338 e. The van der Waals surface area contributed by atoms with Crippen LogP contribution in [0, 0.1) is 3.57 Å². The highest BCUT2D eigenvalue weighted by atomic mass is 127. The molecule has 0 radical (unpaired) electrons. The predicted molar refractivity (Wildman–Crippen MR) is 192 cm³/mol. The van der Waals surface area contributed by atoms with Crippen LogP contribution in [0.15, 0.2) is 76.2 Å².